The molecule has 0 aromatic heterocycles. The molecule has 0 spiro atoms. The highest BCUT2D eigenvalue weighted by Gasteiger charge is 2.59. The summed E-state index contributed by atoms with van der Waals surface area (Å²) >= 11 is 3.09. The first-order valence-corrected chi connectivity index (χ1v) is 11.7. The number of aliphatic hydroxyl groups is 1. The zero-order valence-electron chi connectivity index (χ0n) is 16.5. The molecule has 150 valence electrons. The Morgan fingerprint density at radius 2 is 1.66 bits per heavy atom. The van der Waals surface area contributed by atoms with E-state index in [1.165, 1.54) is 7.11 Å². The largest absolute Gasteiger partial charge is 0.469 e. The molecule has 3 atom stereocenters. The molecule has 1 aliphatic rings. The van der Waals surface area contributed by atoms with Crippen molar-refractivity contribution in [3.05, 3.63) is 82.9 Å². The van der Waals surface area contributed by atoms with Gasteiger partial charge >= 0.3 is 5.97 Å². The molecule has 0 amide bonds. The van der Waals surface area contributed by atoms with E-state index in [2.05, 4.69) is 6.07 Å². The summed E-state index contributed by atoms with van der Waals surface area (Å²) in [5.74, 6) is -2.08. The molecule has 1 N–H and O–H groups in total. The molecule has 2 aromatic carbocycles. The first-order valence-electron chi connectivity index (χ1n) is 9.15. The second-order valence-corrected chi connectivity index (χ2v) is 8.95. The number of methoxy groups -OCH3 is 1. The van der Waals surface area contributed by atoms with Crippen molar-refractivity contribution in [2.45, 2.75) is 16.1 Å². The minimum atomic E-state index is -1.64. The lowest BCUT2D eigenvalue weighted by molar-refractivity contribution is -0.153. The highest BCUT2D eigenvalue weighted by Crippen LogP contribution is 2.58. The van der Waals surface area contributed by atoms with Gasteiger partial charge in [0, 0.05) is 17.1 Å². The molecule has 3 rings (SSSR count). The molecule has 4 nitrogen and oxygen atoms in total. The maximum atomic E-state index is 13.1. The first kappa shape index (κ1) is 21.5. The van der Waals surface area contributed by atoms with Gasteiger partial charge in [-0.15, -0.1) is 23.5 Å². The van der Waals surface area contributed by atoms with Gasteiger partial charge < -0.3 is 9.84 Å². The average molecular weight is 426 g/mol. The van der Waals surface area contributed by atoms with Gasteiger partial charge in [-0.05, 0) is 23.6 Å². The van der Waals surface area contributed by atoms with Crippen molar-refractivity contribution < 1.29 is 14.6 Å². The number of thioether (sulfide) groups is 2. The summed E-state index contributed by atoms with van der Waals surface area (Å²) in [4.78, 5) is 13.1. The Hall–Kier alpha value is -2.20. The van der Waals surface area contributed by atoms with Crippen LogP contribution in [0.4, 0.5) is 0 Å². The molecule has 0 fully saturated rings. The van der Waals surface area contributed by atoms with Gasteiger partial charge in [-0.2, -0.15) is 5.26 Å². The number of ether oxygens (including phenoxy) is 1. The van der Waals surface area contributed by atoms with Crippen molar-refractivity contribution in [1.82, 2.24) is 0 Å². The van der Waals surface area contributed by atoms with Crippen molar-refractivity contribution in [2.24, 2.45) is 5.92 Å². The van der Waals surface area contributed by atoms with Gasteiger partial charge in [-0.25, -0.2) is 0 Å². The molecule has 0 saturated carbocycles. The second-order valence-electron chi connectivity index (χ2n) is 6.76. The van der Waals surface area contributed by atoms with Crippen molar-refractivity contribution in [2.75, 3.05) is 19.6 Å². The van der Waals surface area contributed by atoms with E-state index in [4.69, 9.17) is 4.74 Å². The minimum absolute atomic E-state index is 0.185. The smallest absolute Gasteiger partial charge is 0.313 e. The van der Waals surface area contributed by atoms with Crippen LogP contribution in [0.25, 0.3) is 0 Å². The molecular formula is C23H23NO3S2. The molecule has 0 radical (unpaired) electrons. The summed E-state index contributed by atoms with van der Waals surface area (Å²) < 4.78 is 4.96. The Kier molecular flexibility index (Phi) is 6.74. The van der Waals surface area contributed by atoms with Gasteiger partial charge in [0.1, 0.15) is 11.5 Å². The fourth-order valence-corrected chi connectivity index (χ4v) is 6.05. The summed E-state index contributed by atoms with van der Waals surface area (Å²) in [6.07, 6.45) is 3.88. The summed E-state index contributed by atoms with van der Waals surface area (Å²) in [6.45, 7) is 0. The predicted octanol–water partition coefficient (Wildman–Crippen LogP) is 4.33. The molecule has 0 aliphatic heterocycles. The molecule has 2 aromatic rings. The molecular weight excluding hydrogens is 402 g/mol. The Morgan fingerprint density at radius 1 is 1.10 bits per heavy atom. The number of rotatable bonds is 6. The first-order chi connectivity index (χ1) is 14.0. The third kappa shape index (κ3) is 3.59. The third-order valence-electron chi connectivity index (χ3n) is 5.41. The molecule has 0 bridgehead atoms. The molecule has 6 heteroatoms. The van der Waals surface area contributed by atoms with Crippen LogP contribution in [0.5, 0.6) is 0 Å². The van der Waals surface area contributed by atoms with E-state index in [-0.39, 0.29) is 4.58 Å². The number of nitrogens with zero attached hydrogens (tertiary/aromatic N) is 1. The van der Waals surface area contributed by atoms with E-state index in [1.807, 2.05) is 61.0 Å². The molecule has 1 aliphatic carbocycles. The zero-order valence-corrected chi connectivity index (χ0v) is 18.2. The Morgan fingerprint density at radius 3 is 2.14 bits per heavy atom. The fraction of sp³-hybridized carbons (Fsp3) is 0.304. The SMILES string of the molecule is COC(=O)[C@@H]1[C@H](c2ccccc2)C(C#N)=C(C(SC)SC)[C@@]1(O)c1ccccc1. The van der Waals surface area contributed by atoms with Crippen LogP contribution in [0.2, 0.25) is 0 Å². The number of carbonyl (C=O) groups is 1. The maximum Gasteiger partial charge on any atom is 0.313 e. The van der Waals surface area contributed by atoms with E-state index >= 15 is 0 Å². The summed E-state index contributed by atoms with van der Waals surface area (Å²) in [5, 5.41) is 22.4. The fourth-order valence-electron chi connectivity index (χ4n) is 4.20. The molecule has 0 saturated heterocycles. The Balaban J connectivity index is 2.38. The van der Waals surface area contributed by atoms with E-state index in [0.717, 1.165) is 5.56 Å². The van der Waals surface area contributed by atoms with E-state index < -0.39 is 23.4 Å². The summed E-state index contributed by atoms with van der Waals surface area (Å²) in [5.41, 5.74) is 0.771. The normalized spacial score (nSPS) is 23.9. The number of carbonyl (C=O) groups excluding carboxylic acids is 1. The van der Waals surface area contributed by atoms with Gasteiger partial charge in [0.15, 0.2) is 0 Å². The second kappa shape index (κ2) is 9.08. The zero-order chi connectivity index (χ0) is 21.0. The monoisotopic (exact) mass is 425 g/mol. The molecule has 29 heavy (non-hydrogen) atoms. The van der Waals surface area contributed by atoms with Crippen LogP contribution in [0.15, 0.2) is 71.8 Å². The number of hydrogen-bond donors (Lipinski definition) is 1. The maximum absolute atomic E-state index is 13.1. The highest BCUT2D eigenvalue weighted by atomic mass is 32.2. The topological polar surface area (TPSA) is 70.3 Å². The average Bonchev–Trinajstić information content (AvgIpc) is 3.05. The summed E-state index contributed by atoms with van der Waals surface area (Å²) in [6, 6.07) is 20.9. The predicted molar refractivity (Wildman–Crippen MR) is 118 cm³/mol. The quantitative estimate of drug-likeness (QED) is 0.549. The van der Waals surface area contributed by atoms with Crippen LogP contribution in [-0.2, 0) is 15.1 Å². The minimum Gasteiger partial charge on any atom is -0.469 e. The van der Waals surface area contributed by atoms with Gasteiger partial charge in [-0.1, -0.05) is 60.7 Å². The molecule has 0 heterocycles. The third-order valence-corrected chi connectivity index (χ3v) is 7.89. The van der Waals surface area contributed by atoms with Crippen molar-refractivity contribution in [3.8, 4) is 6.07 Å². The van der Waals surface area contributed by atoms with Crippen LogP contribution >= 0.6 is 23.5 Å². The molecule has 0 unspecified atom stereocenters. The van der Waals surface area contributed by atoms with Crippen LogP contribution in [-0.4, -0.2) is 35.3 Å². The Labute approximate surface area is 180 Å². The van der Waals surface area contributed by atoms with Crippen molar-refractivity contribution in [3.63, 3.8) is 0 Å². The lowest BCUT2D eigenvalue weighted by Crippen LogP contribution is -2.42. The standard InChI is InChI=1S/C23H23NO3S2/c1-27-21(25)20-18(15-10-6-4-7-11-15)17(14-24)19(22(28-2)29-3)23(20,26)16-12-8-5-9-13-16/h4-13,18,20,22,26H,1-3H3/t18-,20+,23+/m1/s1. The lowest BCUT2D eigenvalue weighted by atomic mass is 9.75. The van der Waals surface area contributed by atoms with E-state index in [1.54, 1.807) is 35.7 Å². The number of allylic oxidation sites excluding steroid dienone is 1. The van der Waals surface area contributed by atoms with E-state index in [9.17, 15) is 15.2 Å². The van der Waals surface area contributed by atoms with Gasteiger partial charge in [0.05, 0.1) is 17.8 Å². The lowest BCUT2D eigenvalue weighted by Gasteiger charge is -2.36. The van der Waals surface area contributed by atoms with Crippen molar-refractivity contribution >= 4 is 29.5 Å². The number of esters is 1. The highest BCUT2D eigenvalue weighted by molar-refractivity contribution is 8.16. The number of hydrogen-bond acceptors (Lipinski definition) is 6. The number of nitriles is 1. The van der Waals surface area contributed by atoms with E-state index in [0.29, 0.717) is 16.7 Å². The van der Waals surface area contributed by atoms with Crippen LogP contribution < -0.4 is 0 Å². The summed E-state index contributed by atoms with van der Waals surface area (Å²) in [7, 11) is 1.32. The number of benzene rings is 2. The van der Waals surface area contributed by atoms with Gasteiger partial charge in [-0.3, -0.25) is 4.79 Å². The van der Waals surface area contributed by atoms with Gasteiger partial charge in [0.25, 0.3) is 0 Å². The van der Waals surface area contributed by atoms with Crippen LogP contribution in [0.3, 0.4) is 0 Å². The van der Waals surface area contributed by atoms with Gasteiger partial charge in [0.2, 0.25) is 0 Å². The Bertz CT molecular complexity index is 936. The van der Waals surface area contributed by atoms with Crippen LogP contribution in [0.1, 0.15) is 17.0 Å². The van der Waals surface area contributed by atoms with Crippen LogP contribution in [0, 0.1) is 17.2 Å². The van der Waals surface area contributed by atoms with Crippen molar-refractivity contribution in [1.29, 1.82) is 5.26 Å².